The van der Waals surface area contributed by atoms with Crippen molar-refractivity contribution in [3.63, 3.8) is 0 Å². The second-order valence-corrected chi connectivity index (χ2v) is 8.62. The maximum atomic E-state index is 13.0. The van der Waals surface area contributed by atoms with Gasteiger partial charge in [-0.2, -0.15) is 8.42 Å². The van der Waals surface area contributed by atoms with E-state index in [-0.39, 0.29) is 30.7 Å². The number of rotatable bonds is 9. The average Bonchev–Trinajstić information content (AvgIpc) is 2.41. The van der Waals surface area contributed by atoms with E-state index in [0.29, 0.717) is 6.42 Å². The van der Waals surface area contributed by atoms with Crippen LogP contribution in [0.2, 0.25) is 0 Å². The zero-order valence-corrected chi connectivity index (χ0v) is 14.4. The Morgan fingerprint density at radius 2 is 1.68 bits per heavy atom. The molecule has 0 heterocycles. The first-order chi connectivity index (χ1) is 10.2. The van der Waals surface area contributed by atoms with Gasteiger partial charge in [0.05, 0.1) is 10.1 Å². The van der Waals surface area contributed by atoms with Crippen LogP contribution in [0.25, 0.3) is 0 Å². The summed E-state index contributed by atoms with van der Waals surface area (Å²) in [6, 6.07) is 6.40. The van der Waals surface area contributed by atoms with Crippen LogP contribution in [0.4, 0.5) is 3.89 Å². The summed E-state index contributed by atoms with van der Waals surface area (Å²) in [6.07, 6.45) is 1.16. The molecule has 0 bridgehead atoms. The Morgan fingerprint density at radius 1 is 1.09 bits per heavy atom. The van der Waals surface area contributed by atoms with Crippen LogP contribution in [0.3, 0.4) is 0 Å². The summed E-state index contributed by atoms with van der Waals surface area (Å²) in [5, 5.41) is -1.05. The maximum absolute atomic E-state index is 13.0. The molecule has 22 heavy (non-hydrogen) atoms. The van der Waals surface area contributed by atoms with Crippen LogP contribution >= 0.6 is 0 Å². The number of sulfonamides is 1. The predicted octanol–water partition coefficient (Wildman–Crippen LogP) is 2.52. The van der Waals surface area contributed by atoms with Crippen molar-refractivity contribution < 1.29 is 20.7 Å². The van der Waals surface area contributed by atoms with E-state index in [1.807, 2.05) is 6.92 Å². The van der Waals surface area contributed by atoms with Crippen LogP contribution in [-0.2, 0) is 20.2 Å². The SMILES string of the molecule is CCCC(CCCNS(=O)(=O)c1ccc(C)cc1)S(=O)(=O)F. The van der Waals surface area contributed by atoms with Gasteiger partial charge < -0.3 is 0 Å². The van der Waals surface area contributed by atoms with Crippen molar-refractivity contribution in [2.24, 2.45) is 0 Å². The Morgan fingerprint density at radius 3 is 2.18 bits per heavy atom. The van der Waals surface area contributed by atoms with Crippen molar-refractivity contribution >= 4 is 20.2 Å². The number of hydrogen-bond acceptors (Lipinski definition) is 4. The van der Waals surface area contributed by atoms with Gasteiger partial charge in [-0.25, -0.2) is 13.1 Å². The Labute approximate surface area is 132 Å². The second kappa shape index (κ2) is 8.03. The van der Waals surface area contributed by atoms with Crippen LogP contribution in [0, 0.1) is 6.92 Å². The number of halogens is 1. The fourth-order valence-electron chi connectivity index (χ4n) is 2.08. The van der Waals surface area contributed by atoms with Crippen molar-refractivity contribution in [2.75, 3.05) is 6.54 Å². The lowest BCUT2D eigenvalue weighted by Crippen LogP contribution is -2.26. The Kier molecular flexibility index (Phi) is 6.96. The minimum Gasteiger partial charge on any atom is -0.211 e. The molecule has 1 aromatic carbocycles. The molecule has 5 nitrogen and oxygen atoms in total. The van der Waals surface area contributed by atoms with Gasteiger partial charge in [0.15, 0.2) is 0 Å². The van der Waals surface area contributed by atoms with Crippen molar-refractivity contribution in [1.29, 1.82) is 0 Å². The lowest BCUT2D eigenvalue weighted by molar-refractivity contribution is 0.508. The van der Waals surface area contributed by atoms with E-state index in [9.17, 15) is 20.7 Å². The fourth-order valence-corrected chi connectivity index (χ4v) is 4.12. The smallest absolute Gasteiger partial charge is 0.211 e. The van der Waals surface area contributed by atoms with Gasteiger partial charge in [0, 0.05) is 6.54 Å². The molecule has 126 valence electrons. The number of benzene rings is 1. The van der Waals surface area contributed by atoms with Gasteiger partial charge in [0.25, 0.3) is 0 Å². The van der Waals surface area contributed by atoms with E-state index in [2.05, 4.69) is 4.72 Å². The molecule has 1 aromatic rings. The lowest BCUT2D eigenvalue weighted by atomic mass is 10.1. The standard InChI is InChI=1S/C14H22FNO4S2/c1-3-5-13(21(15,17)18)6-4-11-16-22(19,20)14-9-7-12(2)8-10-14/h7-10,13,16H,3-6,11H2,1-2H3. The van der Waals surface area contributed by atoms with Crippen LogP contribution in [-0.4, -0.2) is 28.6 Å². The summed E-state index contributed by atoms with van der Waals surface area (Å²) >= 11 is 0. The highest BCUT2D eigenvalue weighted by Gasteiger charge is 2.23. The summed E-state index contributed by atoms with van der Waals surface area (Å²) in [7, 11) is -8.19. The highest BCUT2D eigenvalue weighted by atomic mass is 32.3. The molecule has 0 aliphatic rings. The quantitative estimate of drug-likeness (QED) is 0.547. The van der Waals surface area contributed by atoms with Crippen molar-refractivity contribution in [3.8, 4) is 0 Å². The van der Waals surface area contributed by atoms with E-state index in [1.54, 1.807) is 19.1 Å². The van der Waals surface area contributed by atoms with E-state index in [0.717, 1.165) is 5.56 Å². The molecule has 0 amide bonds. The molecule has 1 atom stereocenters. The fraction of sp³-hybridized carbons (Fsp3) is 0.571. The van der Waals surface area contributed by atoms with Crippen molar-refractivity contribution in [1.82, 2.24) is 4.72 Å². The normalized spacial score (nSPS) is 14.0. The second-order valence-electron chi connectivity index (χ2n) is 5.24. The summed E-state index contributed by atoms with van der Waals surface area (Å²) in [6.45, 7) is 3.71. The highest BCUT2D eigenvalue weighted by molar-refractivity contribution is 7.89. The van der Waals surface area contributed by atoms with Gasteiger partial charge >= 0.3 is 10.2 Å². The molecular formula is C14H22FNO4S2. The molecule has 8 heteroatoms. The van der Waals surface area contributed by atoms with Gasteiger partial charge in [-0.3, -0.25) is 0 Å². The van der Waals surface area contributed by atoms with E-state index in [4.69, 9.17) is 0 Å². The maximum Gasteiger partial charge on any atom is 0.305 e. The highest BCUT2D eigenvalue weighted by Crippen LogP contribution is 2.16. The first kappa shape index (κ1) is 19.1. The van der Waals surface area contributed by atoms with Crippen LogP contribution in [0.15, 0.2) is 29.2 Å². The van der Waals surface area contributed by atoms with Crippen LogP contribution in [0.5, 0.6) is 0 Å². The zero-order chi connectivity index (χ0) is 16.8. The Balaban J connectivity index is 2.54. The van der Waals surface area contributed by atoms with Crippen LogP contribution < -0.4 is 4.72 Å². The molecule has 0 aliphatic heterocycles. The third kappa shape index (κ3) is 6.02. The van der Waals surface area contributed by atoms with E-state index in [1.165, 1.54) is 12.1 Å². The number of aryl methyl sites for hydroxylation is 1. The topological polar surface area (TPSA) is 80.3 Å². The molecular weight excluding hydrogens is 329 g/mol. The van der Waals surface area contributed by atoms with Gasteiger partial charge in [0.2, 0.25) is 10.0 Å². The molecule has 0 spiro atoms. The zero-order valence-electron chi connectivity index (χ0n) is 12.7. The molecule has 0 fully saturated rings. The van der Waals surface area contributed by atoms with Gasteiger partial charge in [-0.15, -0.1) is 3.89 Å². The number of hydrogen-bond donors (Lipinski definition) is 1. The van der Waals surface area contributed by atoms with Gasteiger partial charge in [-0.1, -0.05) is 31.0 Å². The molecule has 0 aromatic heterocycles. The molecule has 1 rings (SSSR count). The summed E-state index contributed by atoms with van der Waals surface area (Å²) < 4.78 is 61.4. The summed E-state index contributed by atoms with van der Waals surface area (Å²) in [5.74, 6) is 0. The minimum atomic E-state index is -4.58. The van der Waals surface area contributed by atoms with E-state index < -0.39 is 25.5 Å². The first-order valence-electron chi connectivity index (χ1n) is 7.16. The monoisotopic (exact) mass is 351 g/mol. The molecule has 1 N–H and O–H groups in total. The largest absolute Gasteiger partial charge is 0.305 e. The summed E-state index contributed by atoms with van der Waals surface area (Å²) in [4.78, 5) is 0.154. The molecule has 1 unspecified atom stereocenters. The molecule has 0 saturated heterocycles. The van der Waals surface area contributed by atoms with E-state index >= 15 is 0 Å². The Hall–Kier alpha value is -0.990. The van der Waals surface area contributed by atoms with Crippen molar-refractivity contribution in [3.05, 3.63) is 29.8 Å². The molecule has 0 aliphatic carbocycles. The average molecular weight is 351 g/mol. The Bertz CT molecular complexity index is 669. The summed E-state index contributed by atoms with van der Waals surface area (Å²) in [5.41, 5.74) is 0.953. The van der Waals surface area contributed by atoms with Crippen LogP contribution in [0.1, 0.15) is 38.2 Å². The third-order valence-electron chi connectivity index (χ3n) is 3.34. The van der Waals surface area contributed by atoms with Gasteiger partial charge in [-0.05, 0) is 38.3 Å². The predicted molar refractivity (Wildman–Crippen MR) is 84.3 cm³/mol. The third-order valence-corrected chi connectivity index (χ3v) is 6.08. The first-order valence-corrected chi connectivity index (χ1v) is 10.1. The number of nitrogens with one attached hydrogen (secondary N) is 1. The molecule has 0 radical (unpaired) electrons. The minimum absolute atomic E-state index is 0.0753. The van der Waals surface area contributed by atoms with Gasteiger partial charge in [0.1, 0.15) is 0 Å². The van der Waals surface area contributed by atoms with Crippen molar-refractivity contribution in [2.45, 2.75) is 49.7 Å². The molecule has 0 saturated carbocycles. The lowest BCUT2D eigenvalue weighted by Gasteiger charge is -2.12.